The number of amides is 1. The van der Waals surface area contributed by atoms with Crippen molar-refractivity contribution in [2.75, 3.05) is 77.4 Å². The van der Waals surface area contributed by atoms with Crippen LogP contribution < -0.4 is 10.2 Å². The fourth-order valence-electron chi connectivity index (χ4n) is 3.81. The number of nitrogens with one attached hydrogen (secondary N) is 1. The molecule has 2 aliphatic heterocycles. The van der Waals surface area contributed by atoms with Crippen LogP contribution in [0.1, 0.15) is 6.92 Å². The summed E-state index contributed by atoms with van der Waals surface area (Å²) in [5, 5.41) is 3.45. The lowest BCUT2D eigenvalue weighted by molar-refractivity contribution is -0.130. The van der Waals surface area contributed by atoms with Crippen LogP contribution >= 0.6 is 0 Å². The number of piperazine rings is 2. The second-order valence-corrected chi connectivity index (χ2v) is 7.25. The average Bonchev–Trinajstić information content (AvgIpc) is 2.72. The lowest BCUT2D eigenvalue weighted by Crippen LogP contribution is -2.54. The zero-order valence-corrected chi connectivity index (χ0v) is 16.9. The molecule has 2 fully saturated rings. The van der Waals surface area contributed by atoms with Crippen LogP contribution in [0.25, 0.3) is 0 Å². The quantitative estimate of drug-likeness (QED) is 0.606. The van der Waals surface area contributed by atoms with Gasteiger partial charge in [-0.2, -0.15) is 0 Å². The molecular formula is C20H31FN6O. The molecule has 0 unspecified atom stereocenters. The Labute approximate surface area is 166 Å². The Morgan fingerprint density at radius 3 is 2.29 bits per heavy atom. The molecule has 0 spiro atoms. The summed E-state index contributed by atoms with van der Waals surface area (Å²) in [5.41, 5.74) is 0.676. The van der Waals surface area contributed by atoms with Gasteiger partial charge in [0.15, 0.2) is 5.96 Å². The maximum atomic E-state index is 14.0. The standard InChI is InChI=1S/C20H31FN6O/c1-17(28)25-11-9-24(10-12-25)8-7-23-20(22-2)27-15-13-26(14-16-27)19-6-4-3-5-18(19)21/h3-6H,7-16H2,1-2H3,(H,22,23). The second kappa shape index (κ2) is 9.73. The number of rotatable bonds is 4. The van der Waals surface area contributed by atoms with Crippen molar-refractivity contribution in [1.29, 1.82) is 0 Å². The van der Waals surface area contributed by atoms with Crippen molar-refractivity contribution in [2.24, 2.45) is 4.99 Å². The van der Waals surface area contributed by atoms with Gasteiger partial charge in [-0.15, -0.1) is 0 Å². The molecule has 1 N–H and O–H groups in total. The molecule has 7 nitrogen and oxygen atoms in total. The number of benzene rings is 1. The largest absolute Gasteiger partial charge is 0.366 e. The van der Waals surface area contributed by atoms with Gasteiger partial charge in [0, 0.05) is 79.4 Å². The summed E-state index contributed by atoms with van der Waals surface area (Å²) in [6.45, 7) is 10.00. The lowest BCUT2D eigenvalue weighted by atomic mass is 10.2. The Morgan fingerprint density at radius 2 is 1.68 bits per heavy atom. The van der Waals surface area contributed by atoms with E-state index in [9.17, 15) is 9.18 Å². The fourth-order valence-corrected chi connectivity index (χ4v) is 3.81. The van der Waals surface area contributed by atoms with Crippen LogP contribution in [0.15, 0.2) is 29.3 Å². The number of nitrogens with zero attached hydrogens (tertiary/aromatic N) is 5. The van der Waals surface area contributed by atoms with Crippen LogP contribution in [0.3, 0.4) is 0 Å². The van der Waals surface area contributed by atoms with Gasteiger partial charge in [-0.3, -0.25) is 14.7 Å². The highest BCUT2D eigenvalue weighted by Gasteiger charge is 2.22. The topological polar surface area (TPSA) is 54.4 Å². The van der Waals surface area contributed by atoms with Gasteiger partial charge in [0.2, 0.25) is 5.91 Å². The number of anilines is 1. The molecular weight excluding hydrogens is 359 g/mol. The van der Waals surface area contributed by atoms with Crippen molar-refractivity contribution in [2.45, 2.75) is 6.92 Å². The molecule has 1 aromatic rings. The van der Waals surface area contributed by atoms with Crippen LogP contribution in [0.2, 0.25) is 0 Å². The van der Waals surface area contributed by atoms with Gasteiger partial charge in [0.1, 0.15) is 5.82 Å². The number of guanidine groups is 1. The summed E-state index contributed by atoms with van der Waals surface area (Å²) in [5.74, 6) is 0.895. The number of halogens is 1. The lowest BCUT2D eigenvalue weighted by Gasteiger charge is -2.38. The van der Waals surface area contributed by atoms with Gasteiger partial charge < -0.3 is 20.0 Å². The predicted molar refractivity (Wildman–Crippen MR) is 110 cm³/mol. The van der Waals surface area contributed by atoms with Gasteiger partial charge >= 0.3 is 0 Å². The van der Waals surface area contributed by atoms with E-state index in [0.717, 1.165) is 71.4 Å². The minimum Gasteiger partial charge on any atom is -0.366 e. The monoisotopic (exact) mass is 390 g/mol. The van der Waals surface area contributed by atoms with E-state index >= 15 is 0 Å². The number of aliphatic imine (C=N–C) groups is 1. The normalized spacial score (nSPS) is 19.1. The first-order valence-corrected chi connectivity index (χ1v) is 10.0. The summed E-state index contributed by atoms with van der Waals surface area (Å²) >= 11 is 0. The summed E-state index contributed by atoms with van der Waals surface area (Å²) in [6.07, 6.45) is 0. The molecule has 0 radical (unpaired) electrons. The van der Waals surface area contributed by atoms with E-state index in [0.29, 0.717) is 5.69 Å². The SMILES string of the molecule is CN=C(NCCN1CCN(C(C)=O)CC1)N1CCN(c2ccccc2F)CC1. The van der Waals surface area contributed by atoms with Gasteiger partial charge in [-0.25, -0.2) is 4.39 Å². The van der Waals surface area contributed by atoms with E-state index < -0.39 is 0 Å². The van der Waals surface area contributed by atoms with E-state index in [4.69, 9.17) is 0 Å². The average molecular weight is 391 g/mol. The zero-order chi connectivity index (χ0) is 19.9. The molecule has 0 aliphatic carbocycles. The number of carbonyl (C=O) groups excluding carboxylic acids is 1. The summed E-state index contributed by atoms with van der Waals surface area (Å²) in [6, 6.07) is 6.95. The van der Waals surface area contributed by atoms with Crippen LogP contribution in [-0.2, 0) is 4.79 Å². The molecule has 1 amide bonds. The molecule has 3 rings (SSSR count). The highest BCUT2D eigenvalue weighted by molar-refractivity contribution is 5.80. The van der Waals surface area contributed by atoms with Crippen molar-refractivity contribution in [3.8, 4) is 0 Å². The Balaban J connectivity index is 1.40. The maximum Gasteiger partial charge on any atom is 0.219 e. The van der Waals surface area contributed by atoms with E-state index in [1.54, 1.807) is 20.0 Å². The van der Waals surface area contributed by atoms with E-state index in [1.165, 1.54) is 6.07 Å². The van der Waals surface area contributed by atoms with Crippen molar-refractivity contribution < 1.29 is 9.18 Å². The molecule has 2 heterocycles. The smallest absolute Gasteiger partial charge is 0.219 e. The second-order valence-electron chi connectivity index (χ2n) is 7.25. The molecule has 1 aromatic carbocycles. The maximum absolute atomic E-state index is 14.0. The van der Waals surface area contributed by atoms with Crippen LogP contribution in [-0.4, -0.2) is 99.1 Å². The highest BCUT2D eigenvalue weighted by Crippen LogP contribution is 2.20. The third kappa shape index (κ3) is 5.13. The van der Waals surface area contributed by atoms with Gasteiger partial charge in [-0.05, 0) is 12.1 Å². The van der Waals surface area contributed by atoms with Gasteiger partial charge in [0.25, 0.3) is 0 Å². The Hall–Kier alpha value is -2.35. The van der Waals surface area contributed by atoms with E-state index in [1.807, 2.05) is 17.0 Å². The van der Waals surface area contributed by atoms with Crippen LogP contribution in [0.4, 0.5) is 10.1 Å². The molecule has 2 aliphatic rings. The summed E-state index contributed by atoms with van der Waals surface area (Å²) < 4.78 is 14.0. The minimum absolute atomic E-state index is 0.160. The van der Waals surface area contributed by atoms with Gasteiger partial charge in [-0.1, -0.05) is 12.1 Å². The van der Waals surface area contributed by atoms with Crippen LogP contribution in [0.5, 0.6) is 0 Å². The number of hydrogen-bond donors (Lipinski definition) is 1. The molecule has 0 saturated carbocycles. The van der Waals surface area contributed by atoms with Gasteiger partial charge in [0.05, 0.1) is 5.69 Å². The molecule has 28 heavy (non-hydrogen) atoms. The Bertz CT molecular complexity index is 681. The van der Waals surface area contributed by atoms with E-state index in [-0.39, 0.29) is 11.7 Å². The molecule has 0 atom stereocenters. The predicted octanol–water partition coefficient (Wildman–Crippen LogP) is 0.687. The summed E-state index contributed by atoms with van der Waals surface area (Å²) in [7, 11) is 1.80. The zero-order valence-electron chi connectivity index (χ0n) is 16.9. The number of hydrogen-bond acceptors (Lipinski definition) is 4. The minimum atomic E-state index is -0.164. The molecule has 154 valence electrons. The summed E-state index contributed by atoms with van der Waals surface area (Å²) in [4.78, 5) is 24.4. The fraction of sp³-hybridized carbons (Fsp3) is 0.600. The van der Waals surface area contributed by atoms with Crippen molar-refractivity contribution in [1.82, 2.24) is 20.0 Å². The first-order valence-electron chi connectivity index (χ1n) is 10.0. The van der Waals surface area contributed by atoms with Crippen molar-refractivity contribution in [3.05, 3.63) is 30.1 Å². The molecule has 0 bridgehead atoms. The highest BCUT2D eigenvalue weighted by atomic mass is 19.1. The molecule has 2 saturated heterocycles. The third-order valence-electron chi connectivity index (χ3n) is 5.51. The number of carbonyl (C=O) groups is 1. The van der Waals surface area contributed by atoms with Crippen LogP contribution in [0, 0.1) is 5.82 Å². The molecule has 0 aromatic heterocycles. The first kappa shape index (κ1) is 20.4. The van der Waals surface area contributed by atoms with Crippen molar-refractivity contribution >= 4 is 17.6 Å². The van der Waals surface area contributed by atoms with Crippen molar-refractivity contribution in [3.63, 3.8) is 0 Å². The Kier molecular flexibility index (Phi) is 7.08. The third-order valence-corrected chi connectivity index (χ3v) is 5.51. The van der Waals surface area contributed by atoms with E-state index in [2.05, 4.69) is 25.0 Å². The number of para-hydroxylation sites is 1. The molecule has 8 heteroatoms. The first-order chi connectivity index (χ1) is 13.6. The Morgan fingerprint density at radius 1 is 1.04 bits per heavy atom.